The summed E-state index contributed by atoms with van der Waals surface area (Å²) < 4.78 is 28.2. The molecular formula is C17H19N3O5S. The van der Waals surface area contributed by atoms with Crippen LogP contribution in [-0.4, -0.2) is 37.3 Å². The lowest BCUT2D eigenvalue weighted by molar-refractivity contribution is -0.385. The standard InChI is InChI=1S/C17H19N3O5S/c1-19-17(14-8-5-9-15(10-14)20(21)22)16(12-25-19)26(23,24)18-11-13-6-3-2-4-7-13/h2-10,16-18H,11-12H2,1H3. The van der Waals surface area contributed by atoms with Crippen LogP contribution in [0.2, 0.25) is 0 Å². The highest BCUT2D eigenvalue weighted by atomic mass is 32.2. The summed E-state index contributed by atoms with van der Waals surface area (Å²) in [6, 6.07) is 14.5. The predicted molar refractivity (Wildman–Crippen MR) is 95.5 cm³/mol. The van der Waals surface area contributed by atoms with Gasteiger partial charge in [-0.15, -0.1) is 0 Å². The molecule has 1 aliphatic heterocycles. The number of rotatable bonds is 6. The lowest BCUT2D eigenvalue weighted by atomic mass is 10.0. The van der Waals surface area contributed by atoms with Crippen LogP contribution in [0.3, 0.4) is 0 Å². The molecule has 1 saturated heterocycles. The Morgan fingerprint density at radius 1 is 1.23 bits per heavy atom. The van der Waals surface area contributed by atoms with Gasteiger partial charge in [-0.3, -0.25) is 15.0 Å². The first-order valence-corrected chi connectivity index (χ1v) is 9.55. The fourth-order valence-corrected chi connectivity index (χ4v) is 4.48. The van der Waals surface area contributed by atoms with E-state index in [1.165, 1.54) is 17.2 Å². The molecule has 26 heavy (non-hydrogen) atoms. The number of sulfonamides is 1. The molecule has 3 rings (SSSR count). The molecule has 0 radical (unpaired) electrons. The lowest BCUT2D eigenvalue weighted by Crippen LogP contribution is -2.39. The SMILES string of the molecule is CN1OCC(S(=O)(=O)NCc2ccccc2)C1c1cccc([N+](=O)[O-])c1. The van der Waals surface area contributed by atoms with Gasteiger partial charge in [-0.25, -0.2) is 13.1 Å². The number of nitro benzene ring substituents is 1. The van der Waals surface area contributed by atoms with Crippen LogP contribution in [0.25, 0.3) is 0 Å². The fourth-order valence-electron chi connectivity index (χ4n) is 2.99. The Balaban J connectivity index is 1.83. The smallest absolute Gasteiger partial charge is 0.269 e. The van der Waals surface area contributed by atoms with Crippen molar-refractivity contribution in [1.29, 1.82) is 0 Å². The number of nitrogens with zero attached hydrogens (tertiary/aromatic N) is 2. The van der Waals surface area contributed by atoms with E-state index in [2.05, 4.69) is 4.72 Å². The minimum Gasteiger partial charge on any atom is -0.297 e. The van der Waals surface area contributed by atoms with E-state index >= 15 is 0 Å². The molecule has 2 aromatic carbocycles. The summed E-state index contributed by atoms with van der Waals surface area (Å²) in [6.45, 7) is 0.152. The molecule has 8 nitrogen and oxygen atoms in total. The maximum absolute atomic E-state index is 12.8. The number of hydrogen-bond acceptors (Lipinski definition) is 6. The summed E-state index contributed by atoms with van der Waals surface area (Å²) in [6.07, 6.45) is 0. The lowest BCUT2D eigenvalue weighted by Gasteiger charge is -2.23. The summed E-state index contributed by atoms with van der Waals surface area (Å²) in [4.78, 5) is 15.9. The first-order valence-electron chi connectivity index (χ1n) is 8.01. The molecule has 0 aromatic heterocycles. The summed E-state index contributed by atoms with van der Waals surface area (Å²) in [7, 11) is -2.09. The second kappa shape index (κ2) is 7.50. The third-order valence-electron chi connectivity index (χ3n) is 4.33. The fraction of sp³-hybridized carbons (Fsp3) is 0.294. The Morgan fingerprint density at radius 3 is 2.65 bits per heavy atom. The summed E-state index contributed by atoms with van der Waals surface area (Å²) in [5.74, 6) is 0. The summed E-state index contributed by atoms with van der Waals surface area (Å²) in [5, 5.41) is 11.6. The molecular weight excluding hydrogens is 358 g/mol. The Kier molecular flexibility index (Phi) is 5.33. The molecule has 0 bridgehead atoms. The van der Waals surface area contributed by atoms with E-state index in [-0.39, 0.29) is 18.8 Å². The number of non-ortho nitro benzene ring substituents is 1. The van der Waals surface area contributed by atoms with Crippen molar-refractivity contribution < 1.29 is 18.2 Å². The van der Waals surface area contributed by atoms with Gasteiger partial charge >= 0.3 is 0 Å². The third-order valence-corrected chi connectivity index (χ3v) is 6.07. The third kappa shape index (κ3) is 3.91. The van der Waals surface area contributed by atoms with Gasteiger partial charge in [-0.1, -0.05) is 42.5 Å². The van der Waals surface area contributed by atoms with Crippen LogP contribution in [0.4, 0.5) is 5.69 Å². The highest BCUT2D eigenvalue weighted by molar-refractivity contribution is 7.90. The summed E-state index contributed by atoms with van der Waals surface area (Å²) in [5.41, 5.74) is 1.28. The van der Waals surface area contributed by atoms with Crippen LogP contribution in [0.1, 0.15) is 17.2 Å². The average molecular weight is 377 g/mol. The van der Waals surface area contributed by atoms with Gasteiger partial charge in [-0.2, -0.15) is 5.06 Å². The molecule has 1 N–H and O–H groups in total. The van der Waals surface area contributed by atoms with Gasteiger partial charge in [0.25, 0.3) is 5.69 Å². The zero-order valence-corrected chi connectivity index (χ0v) is 14.9. The van der Waals surface area contributed by atoms with Crippen LogP contribution in [0.15, 0.2) is 54.6 Å². The van der Waals surface area contributed by atoms with Gasteiger partial charge in [0.1, 0.15) is 5.25 Å². The highest BCUT2D eigenvalue weighted by Gasteiger charge is 2.43. The molecule has 2 atom stereocenters. The van der Waals surface area contributed by atoms with Crippen LogP contribution in [0.5, 0.6) is 0 Å². The average Bonchev–Trinajstić information content (AvgIpc) is 3.03. The molecule has 1 heterocycles. The Bertz CT molecular complexity index is 888. The number of nitro groups is 1. The van der Waals surface area contributed by atoms with Crippen LogP contribution >= 0.6 is 0 Å². The number of hydrogen-bond donors (Lipinski definition) is 1. The van der Waals surface area contributed by atoms with Crippen molar-refractivity contribution in [3.05, 3.63) is 75.8 Å². The predicted octanol–water partition coefficient (Wildman–Crippen LogP) is 2.00. The Labute approximate surface area is 151 Å². The van der Waals surface area contributed by atoms with Gasteiger partial charge in [0.05, 0.1) is 17.6 Å². The second-order valence-corrected chi connectivity index (χ2v) is 8.01. The van der Waals surface area contributed by atoms with Crippen molar-refractivity contribution in [1.82, 2.24) is 9.79 Å². The van der Waals surface area contributed by atoms with Crippen molar-refractivity contribution >= 4 is 15.7 Å². The quantitative estimate of drug-likeness (QED) is 0.610. The van der Waals surface area contributed by atoms with Crippen molar-refractivity contribution in [2.75, 3.05) is 13.7 Å². The largest absolute Gasteiger partial charge is 0.297 e. The van der Waals surface area contributed by atoms with Crippen LogP contribution in [0, 0.1) is 10.1 Å². The normalized spacial score (nSPS) is 21.0. The molecule has 1 fully saturated rings. The first-order chi connectivity index (χ1) is 12.4. The van der Waals surface area contributed by atoms with Crippen molar-refractivity contribution in [3.63, 3.8) is 0 Å². The molecule has 9 heteroatoms. The number of nitrogens with one attached hydrogen (secondary N) is 1. The molecule has 138 valence electrons. The van der Waals surface area contributed by atoms with Gasteiger partial charge in [0.2, 0.25) is 10.0 Å². The van der Waals surface area contributed by atoms with Gasteiger partial charge in [-0.05, 0) is 11.1 Å². The molecule has 0 aliphatic carbocycles. The minimum atomic E-state index is -3.71. The minimum absolute atomic E-state index is 0.0199. The van der Waals surface area contributed by atoms with E-state index < -0.39 is 26.2 Å². The van der Waals surface area contributed by atoms with E-state index in [1.54, 1.807) is 19.2 Å². The van der Waals surface area contributed by atoms with Crippen molar-refractivity contribution in [2.45, 2.75) is 17.8 Å². The van der Waals surface area contributed by atoms with Gasteiger partial charge in [0.15, 0.2) is 0 Å². The van der Waals surface area contributed by atoms with Gasteiger partial charge in [0, 0.05) is 25.7 Å². The van der Waals surface area contributed by atoms with Crippen LogP contribution in [-0.2, 0) is 21.4 Å². The second-order valence-electron chi connectivity index (χ2n) is 6.03. The van der Waals surface area contributed by atoms with E-state index in [9.17, 15) is 18.5 Å². The molecule has 0 saturated carbocycles. The molecule has 0 amide bonds. The maximum atomic E-state index is 12.8. The molecule has 0 spiro atoms. The monoisotopic (exact) mass is 377 g/mol. The van der Waals surface area contributed by atoms with Gasteiger partial charge < -0.3 is 0 Å². The number of hydroxylamine groups is 2. The Hall–Kier alpha value is -2.33. The Morgan fingerprint density at radius 2 is 1.96 bits per heavy atom. The number of benzene rings is 2. The highest BCUT2D eigenvalue weighted by Crippen LogP contribution is 2.34. The summed E-state index contributed by atoms with van der Waals surface area (Å²) >= 11 is 0. The topological polar surface area (TPSA) is 102 Å². The molecule has 1 aliphatic rings. The van der Waals surface area contributed by atoms with Crippen molar-refractivity contribution in [3.8, 4) is 0 Å². The zero-order valence-electron chi connectivity index (χ0n) is 14.1. The van der Waals surface area contributed by atoms with E-state index in [1.807, 2.05) is 30.3 Å². The van der Waals surface area contributed by atoms with Crippen LogP contribution < -0.4 is 4.72 Å². The zero-order chi connectivity index (χ0) is 18.7. The molecule has 2 unspecified atom stereocenters. The van der Waals surface area contributed by atoms with E-state index in [0.29, 0.717) is 5.56 Å². The van der Waals surface area contributed by atoms with E-state index in [0.717, 1.165) is 5.56 Å². The molecule has 2 aromatic rings. The van der Waals surface area contributed by atoms with Crippen molar-refractivity contribution in [2.24, 2.45) is 0 Å². The van der Waals surface area contributed by atoms with E-state index in [4.69, 9.17) is 4.84 Å². The maximum Gasteiger partial charge on any atom is 0.269 e. The first kappa shape index (κ1) is 18.5.